The fourth-order valence-electron chi connectivity index (χ4n) is 4.31. The number of para-hydroxylation sites is 1. The Morgan fingerprint density at radius 3 is 2.45 bits per heavy atom. The molecule has 162 valence electrons. The first-order chi connectivity index (χ1) is 16.2. The second-order valence-electron chi connectivity index (χ2n) is 7.86. The van der Waals surface area contributed by atoms with Crippen LogP contribution in [0.25, 0.3) is 0 Å². The van der Waals surface area contributed by atoms with Crippen LogP contribution in [0.15, 0.2) is 70.6 Å². The molecule has 7 heteroatoms. The van der Waals surface area contributed by atoms with Crippen molar-refractivity contribution in [1.82, 2.24) is 0 Å². The summed E-state index contributed by atoms with van der Waals surface area (Å²) in [4.78, 5) is 8.41. The number of nitriles is 2. The molecule has 2 aromatic carbocycles. The fraction of sp³-hybridized carbons (Fsp3) is 0.192. The minimum Gasteiger partial charge on any atom is -0.308 e. The van der Waals surface area contributed by atoms with Gasteiger partial charge in [0.1, 0.15) is 11.1 Å². The molecule has 1 aliphatic carbocycles. The van der Waals surface area contributed by atoms with Crippen molar-refractivity contribution < 1.29 is 0 Å². The summed E-state index contributed by atoms with van der Waals surface area (Å²) in [6.07, 6.45) is 4.24. The number of hydrogen-bond donors (Lipinski definition) is 0. The summed E-state index contributed by atoms with van der Waals surface area (Å²) < 4.78 is 0. The van der Waals surface area contributed by atoms with E-state index in [1.807, 2.05) is 60.0 Å². The van der Waals surface area contributed by atoms with Gasteiger partial charge in [0.25, 0.3) is 0 Å². The average molecular weight is 487 g/mol. The van der Waals surface area contributed by atoms with E-state index >= 15 is 0 Å². The molecule has 33 heavy (non-hydrogen) atoms. The number of aliphatic imine (C=N–C) groups is 1. The van der Waals surface area contributed by atoms with E-state index in [1.165, 1.54) is 22.2 Å². The molecule has 0 spiro atoms. The standard InChI is InChI=1S/C26H19ClN4S2/c27-19-12-10-17(11-13-19)24-18(14-28)16-32-26(31(24)20-6-2-1-3-7-20)30-25-22(15-29)21-8-4-5-9-23(21)33-25/h1-3,6-7,10-13,16,24H,4-5,8-9H2/b30-26-. The van der Waals surface area contributed by atoms with Gasteiger partial charge in [0, 0.05) is 15.6 Å². The first-order valence-electron chi connectivity index (χ1n) is 10.7. The van der Waals surface area contributed by atoms with Gasteiger partial charge >= 0.3 is 0 Å². The Kier molecular flexibility index (Phi) is 6.24. The summed E-state index contributed by atoms with van der Waals surface area (Å²) in [6, 6.07) is 22.0. The highest BCUT2D eigenvalue weighted by Crippen LogP contribution is 2.44. The number of hydrogen-bond acceptors (Lipinski definition) is 5. The summed E-state index contributed by atoms with van der Waals surface area (Å²) in [7, 11) is 0. The van der Waals surface area contributed by atoms with Crippen LogP contribution < -0.4 is 4.90 Å². The Morgan fingerprint density at radius 1 is 0.970 bits per heavy atom. The van der Waals surface area contributed by atoms with Gasteiger partial charge in [-0.05, 0) is 66.5 Å². The molecule has 1 atom stereocenters. The average Bonchev–Trinajstić information content (AvgIpc) is 3.21. The smallest absolute Gasteiger partial charge is 0.175 e. The first kappa shape index (κ1) is 21.8. The van der Waals surface area contributed by atoms with Crippen LogP contribution in [0, 0.1) is 22.7 Å². The van der Waals surface area contributed by atoms with Gasteiger partial charge < -0.3 is 4.90 Å². The molecule has 1 aliphatic heterocycles. The van der Waals surface area contributed by atoms with Crippen molar-refractivity contribution in [2.24, 2.45) is 4.99 Å². The van der Waals surface area contributed by atoms with Gasteiger partial charge in [-0.1, -0.05) is 53.7 Å². The van der Waals surface area contributed by atoms with Crippen molar-refractivity contribution in [2.45, 2.75) is 31.7 Å². The molecule has 0 saturated carbocycles. The number of benzene rings is 2. The van der Waals surface area contributed by atoms with Crippen LogP contribution in [0.5, 0.6) is 0 Å². The van der Waals surface area contributed by atoms with E-state index in [0.717, 1.165) is 47.1 Å². The number of thiophene rings is 1. The maximum Gasteiger partial charge on any atom is 0.175 e. The zero-order valence-electron chi connectivity index (χ0n) is 17.7. The van der Waals surface area contributed by atoms with Crippen molar-refractivity contribution in [3.63, 3.8) is 0 Å². The number of rotatable bonds is 3. The molecule has 0 N–H and O–H groups in total. The summed E-state index contributed by atoms with van der Waals surface area (Å²) in [5.74, 6) is 0. The predicted molar refractivity (Wildman–Crippen MR) is 137 cm³/mol. The van der Waals surface area contributed by atoms with Crippen molar-refractivity contribution >= 4 is 50.6 Å². The zero-order chi connectivity index (χ0) is 22.8. The summed E-state index contributed by atoms with van der Waals surface area (Å²) in [5.41, 5.74) is 4.40. The quantitative estimate of drug-likeness (QED) is 0.383. The maximum atomic E-state index is 9.95. The fourth-order valence-corrected chi connectivity index (χ4v) is 6.59. The Hall–Kier alpha value is -3.03. The number of fused-ring (bicyclic) bond motifs is 1. The summed E-state index contributed by atoms with van der Waals surface area (Å²) in [6.45, 7) is 0. The molecule has 0 bridgehead atoms. The van der Waals surface area contributed by atoms with E-state index in [0.29, 0.717) is 16.2 Å². The van der Waals surface area contributed by atoms with E-state index < -0.39 is 0 Å². The zero-order valence-corrected chi connectivity index (χ0v) is 20.1. The largest absolute Gasteiger partial charge is 0.308 e. The third-order valence-corrected chi connectivity index (χ3v) is 8.17. The van der Waals surface area contributed by atoms with Gasteiger partial charge in [0.2, 0.25) is 0 Å². The van der Waals surface area contributed by atoms with E-state index in [9.17, 15) is 10.5 Å². The molecule has 0 fully saturated rings. The van der Waals surface area contributed by atoms with E-state index in [-0.39, 0.29) is 6.04 Å². The number of nitrogens with zero attached hydrogens (tertiary/aromatic N) is 4. The molecule has 0 amide bonds. The third kappa shape index (κ3) is 4.18. The molecular weight excluding hydrogens is 468 g/mol. The van der Waals surface area contributed by atoms with E-state index in [1.54, 1.807) is 11.3 Å². The molecule has 1 aromatic heterocycles. The summed E-state index contributed by atoms with van der Waals surface area (Å²) >= 11 is 9.20. The van der Waals surface area contributed by atoms with E-state index in [2.05, 4.69) is 17.0 Å². The van der Waals surface area contributed by atoms with Gasteiger partial charge in [0.05, 0.1) is 23.2 Å². The van der Waals surface area contributed by atoms with Crippen LogP contribution in [-0.4, -0.2) is 5.17 Å². The molecule has 0 saturated heterocycles. The lowest BCUT2D eigenvalue weighted by Crippen LogP contribution is -2.36. The molecule has 2 aliphatic rings. The second-order valence-corrected chi connectivity index (χ2v) is 10.2. The van der Waals surface area contributed by atoms with Gasteiger partial charge in [-0.3, -0.25) is 0 Å². The highest BCUT2D eigenvalue weighted by molar-refractivity contribution is 8.16. The first-order valence-corrected chi connectivity index (χ1v) is 12.8. The van der Waals surface area contributed by atoms with Crippen LogP contribution in [-0.2, 0) is 12.8 Å². The normalized spacial score (nSPS) is 18.9. The molecule has 0 radical (unpaired) electrons. The number of thioether (sulfide) groups is 1. The van der Waals surface area contributed by atoms with Crippen LogP contribution in [0.2, 0.25) is 5.02 Å². The monoisotopic (exact) mass is 486 g/mol. The third-order valence-electron chi connectivity index (χ3n) is 5.86. The molecular formula is C26H19ClN4S2. The summed E-state index contributed by atoms with van der Waals surface area (Å²) in [5, 5.41) is 23.9. The Bertz CT molecular complexity index is 1330. The highest BCUT2D eigenvalue weighted by atomic mass is 35.5. The lowest BCUT2D eigenvalue weighted by Gasteiger charge is -2.36. The van der Waals surface area contributed by atoms with Crippen LogP contribution >= 0.6 is 34.7 Å². The Labute approximate surface area is 206 Å². The minimum absolute atomic E-state index is 0.338. The molecule has 2 heterocycles. The SMILES string of the molecule is N#CC1=CS/C(=N\c2sc3c(c2C#N)CCCC3)N(c2ccccc2)C1c1ccc(Cl)cc1. The van der Waals surface area contributed by atoms with Crippen molar-refractivity contribution in [3.8, 4) is 12.1 Å². The molecule has 3 aromatic rings. The topological polar surface area (TPSA) is 63.2 Å². The lowest BCUT2D eigenvalue weighted by atomic mass is 9.96. The van der Waals surface area contributed by atoms with Crippen LogP contribution in [0.3, 0.4) is 0 Å². The van der Waals surface area contributed by atoms with Crippen molar-refractivity contribution in [1.29, 1.82) is 10.5 Å². The molecule has 1 unspecified atom stereocenters. The van der Waals surface area contributed by atoms with Crippen LogP contribution in [0.1, 0.15) is 40.5 Å². The lowest BCUT2D eigenvalue weighted by molar-refractivity contribution is 0.696. The van der Waals surface area contributed by atoms with Gasteiger partial charge in [-0.25, -0.2) is 4.99 Å². The second kappa shape index (κ2) is 9.45. The van der Waals surface area contributed by atoms with Gasteiger partial charge in [-0.15, -0.1) is 11.3 Å². The number of amidine groups is 1. The molecule has 4 nitrogen and oxygen atoms in total. The van der Waals surface area contributed by atoms with Crippen LogP contribution in [0.4, 0.5) is 10.7 Å². The van der Waals surface area contributed by atoms with Gasteiger partial charge in [-0.2, -0.15) is 10.5 Å². The van der Waals surface area contributed by atoms with Crippen molar-refractivity contribution in [3.05, 3.63) is 92.2 Å². The number of anilines is 1. The Morgan fingerprint density at radius 2 is 1.73 bits per heavy atom. The maximum absolute atomic E-state index is 9.95. The number of halogens is 1. The minimum atomic E-state index is -0.338. The Balaban J connectivity index is 1.68. The molecule has 5 rings (SSSR count). The van der Waals surface area contributed by atoms with Crippen molar-refractivity contribution in [2.75, 3.05) is 4.90 Å². The van der Waals surface area contributed by atoms with Gasteiger partial charge in [0.15, 0.2) is 5.17 Å². The van der Waals surface area contributed by atoms with E-state index in [4.69, 9.17) is 16.6 Å². The number of aryl methyl sites for hydroxylation is 1. The highest BCUT2D eigenvalue weighted by Gasteiger charge is 2.33. The predicted octanol–water partition coefficient (Wildman–Crippen LogP) is 7.54.